The van der Waals surface area contributed by atoms with E-state index in [0.717, 1.165) is 8.95 Å². The van der Waals surface area contributed by atoms with E-state index in [9.17, 15) is 0 Å². The Morgan fingerprint density at radius 3 is 1.44 bits per heavy atom. The lowest BCUT2D eigenvalue weighted by atomic mass is 9.63. The molecule has 0 radical (unpaired) electrons. The van der Waals surface area contributed by atoms with Gasteiger partial charge in [-0.3, -0.25) is 0 Å². The zero-order valence-corrected chi connectivity index (χ0v) is 13.5. The minimum Gasteiger partial charge on any atom is -0.0558 e. The number of rotatable bonds is 0. The van der Waals surface area contributed by atoms with Crippen LogP contribution < -0.4 is 0 Å². The average molecular weight is 346 g/mol. The summed E-state index contributed by atoms with van der Waals surface area (Å²) in [5, 5.41) is 0. The number of hydrogen-bond acceptors (Lipinski definition) is 0. The number of hydrogen-bond donors (Lipinski definition) is 0. The van der Waals surface area contributed by atoms with Gasteiger partial charge in [0.1, 0.15) is 0 Å². The molecular formula is C14H18Br2. The SMILES string of the molecule is CC1(C)CCC(C)(C)c2cc(Br)c(Br)cc21. The van der Waals surface area contributed by atoms with Crippen molar-refractivity contribution in [3.63, 3.8) is 0 Å². The molecule has 0 spiro atoms. The van der Waals surface area contributed by atoms with Gasteiger partial charge >= 0.3 is 0 Å². The molecule has 0 unspecified atom stereocenters. The van der Waals surface area contributed by atoms with Crippen LogP contribution in [0.1, 0.15) is 51.7 Å². The largest absolute Gasteiger partial charge is 0.0558 e. The van der Waals surface area contributed by atoms with Crippen molar-refractivity contribution in [2.75, 3.05) is 0 Å². The summed E-state index contributed by atoms with van der Waals surface area (Å²) in [5.74, 6) is 0. The van der Waals surface area contributed by atoms with Crippen LogP contribution in [0.4, 0.5) is 0 Å². The van der Waals surface area contributed by atoms with Crippen LogP contribution >= 0.6 is 31.9 Å². The summed E-state index contributed by atoms with van der Waals surface area (Å²) in [6.07, 6.45) is 2.53. The van der Waals surface area contributed by atoms with E-state index in [4.69, 9.17) is 0 Å². The maximum atomic E-state index is 3.62. The summed E-state index contributed by atoms with van der Waals surface area (Å²) in [6.45, 7) is 9.39. The summed E-state index contributed by atoms with van der Waals surface area (Å²) in [5.41, 5.74) is 3.60. The molecule has 2 heteroatoms. The molecule has 0 amide bonds. The van der Waals surface area contributed by atoms with Crippen molar-refractivity contribution in [3.05, 3.63) is 32.2 Å². The van der Waals surface area contributed by atoms with Gasteiger partial charge in [0.05, 0.1) is 0 Å². The minimum absolute atomic E-state index is 0.300. The van der Waals surface area contributed by atoms with Crippen molar-refractivity contribution in [2.45, 2.75) is 51.4 Å². The van der Waals surface area contributed by atoms with Crippen LogP contribution in [-0.4, -0.2) is 0 Å². The Balaban J connectivity index is 2.70. The number of benzene rings is 1. The predicted octanol–water partition coefficient (Wildman–Crippen LogP) is 5.56. The van der Waals surface area contributed by atoms with Crippen molar-refractivity contribution in [2.24, 2.45) is 0 Å². The first kappa shape index (κ1) is 12.6. The molecule has 88 valence electrons. The summed E-state index contributed by atoms with van der Waals surface area (Å²) in [7, 11) is 0. The van der Waals surface area contributed by atoms with E-state index in [-0.39, 0.29) is 0 Å². The lowest BCUT2D eigenvalue weighted by Crippen LogP contribution is -2.33. The smallest absolute Gasteiger partial charge is 0.0320 e. The van der Waals surface area contributed by atoms with Crippen LogP contribution in [0, 0.1) is 0 Å². The second-order valence-corrected chi connectivity index (χ2v) is 7.79. The maximum absolute atomic E-state index is 3.62. The first-order valence-electron chi connectivity index (χ1n) is 5.74. The summed E-state index contributed by atoms with van der Waals surface area (Å²) in [4.78, 5) is 0. The highest BCUT2D eigenvalue weighted by Crippen LogP contribution is 2.47. The molecule has 0 atom stereocenters. The van der Waals surface area contributed by atoms with Gasteiger partial charge < -0.3 is 0 Å². The Labute approximate surface area is 115 Å². The van der Waals surface area contributed by atoms with Gasteiger partial charge in [0.15, 0.2) is 0 Å². The Bertz CT molecular complexity index is 390. The highest BCUT2D eigenvalue weighted by molar-refractivity contribution is 9.13. The van der Waals surface area contributed by atoms with Crippen molar-refractivity contribution >= 4 is 31.9 Å². The van der Waals surface area contributed by atoms with Gasteiger partial charge in [0, 0.05) is 8.95 Å². The van der Waals surface area contributed by atoms with E-state index in [1.165, 1.54) is 24.0 Å². The lowest BCUT2D eigenvalue weighted by molar-refractivity contribution is 0.331. The van der Waals surface area contributed by atoms with Crippen LogP contribution in [0.3, 0.4) is 0 Å². The van der Waals surface area contributed by atoms with E-state index in [1.54, 1.807) is 0 Å². The van der Waals surface area contributed by atoms with Crippen LogP contribution in [0.2, 0.25) is 0 Å². The molecule has 0 aromatic heterocycles. The molecule has 0 bridgehead atoms. The molecule has 0 heterocycles. The zero-order chi connectivity index (χ0) is 12.1. The molecule has 0 aliphatic heterocycles. The van der Waals surface area contributed by atoms with Gasteiger partial charge in [-0.1, -0.05) is 27.7 Å². The standard InChI is InChI=1S/C14H18Br2/c1-13(2)5-6-14(3,4)10-8-12(16)11(15)7-9(10)13/h7-8H,5-6H2,1-4H3. The van der Waals surface area contributed by atoms with Crippen LogP contribution in [0.5, 0.6) is 0 Å². The van der Waals surface area contributed by atoms with Gasteiger partial charge in [0.25, 0.3) is 0 Å². The van der Waals surface area contributed by atoms with Gasteiger partial charge in [-0.05, 0) is 78.8 Å². The molecule has 1 aromatic rings. The van der Waals surface area contributed by atoms with Crippen molar-refractivity contribution in [1.29, 1.82) is 0 Å². The van der Waals surface area contributed by atoms with Gasteiger partial charge in [-0.2, -0.15) is 0 Å². The third-order valence-electron chi connectivity index (χ3n) is 3.89. The molecule has 1 aliphatic carbocycles. The molecule has 1 aliphatic rings. The van der Waals surface area contributed by atoms with E-state index >= 15 is 0 Å². The van der Waals surface area contributed by atoms with Gasteiger partial charge in [-0.15, -0.1) is 0 Å². The first-order chi connectivity index (χ1) is 7.24. The van der Waals surface area contributed by atoms with Gasteiger partial charge in [0.2, 0.25) is 0 Å². The molecule has 0 fully saturated rings. The molecule has 0 nitrogen and oxygen atoms in total. The fraction of sp³-hybridized carbons (Fsp3) is 0.571. The lowest BCUT2D eigenvalue weighted by Gasteiger charge is -2.42. The van der Waals surface area contributed by atoms with Crippen molar-refractivity contribution in [1.82, 2.24) is 0 Å². The quantitative estimate of drug-likeness (QED) is 0.577. The fourth-order valence-corrected chi connectivity index (χ4v) is 3.25. The molecule has 0 N–H and O–H groups in total. The average Bonchev–Trinajstić information content (AvgIpc) is 2.17. The number of halogens is 2. The summed E-state index contributed by atoms with van der Waals surface area (Å²) >= 11 is 7.23. The molecule has 0 saturated heterocycles. The second-order valence-electron chi connectivity index (χ2n) is 6.08. The second kappa shape index (κ2) is 3.84. The Hall–Kier alpha value is 0.180. The topological polar surface area (TPSA) is 0 Å². The van der Waals surface area contributed by atoms with E-state index < -0.39 is 0 Å². The molecule has 1 aromatic carbocycles. The minimum atomic E-state index is 0.300. The Morgan fingerprint density at radius 2 is 1.12 bits per heavy atom. The zero-order valence-electron chi connectivity index (χ0n) is 10.3. The predicted molar refractivity (Wildman–Crippen MR) is 77.1 cm³/mol. The molecule has 2 rings (SSSR count). The number of fused-ring (bicyclic) bond motifs is 1. The highest BCUT2D eigenvalue weighted by atomic mass is 79.9. The summed E-state index contributed by atoms with van der Waals surface area (Å²) < 4.78 is 2.33. The Kier molecular flexibility index (Phi) is 3.03. The third kappa shape index (κ3) is 1.99. The summed E-state index contributed by atoms with van der Waals surface area (Å²) in [6, 6.07) is 4.58. The maximum Gasteiger partial charge on any atom is 0.0320 e. The van der Waals surface area contributed by atoms with E-state index in [2.05, 4.69) is 71.7 Å². The third-order valence-corrected chi connectivity index (χ3v) is 5.74. The van der Waals surface area contributed by atoms with Crippen LogP contribution in [0.25, 0.3) is 0 Å². The Morgan fingerprint density at radius 1 is 0.812 bits per heavy atom. The van der Waals surface area contributed by atoms with Crippen LogP contribution in [0.15, 0.2) is 21.1 Å². The van der Waals surface area contributed by atoms with Crippen molar-refractivity contribution < 1.29 is 0 Å². The highest BCUT2D eigenvalue weighted by Gasteiger charge is 2.37. The van der Waals surface area contributed by atoms with E-state index in [0.29, 0.717) is 10.8 Å². The van der Waals surface area contributed by atoms with Gasteiger partial charge in [-0.25, -0.2) is 0 Å². The first-order valence-corrected chi connectivity index (χ1v) is 7.33. The molecular weight excluding hydrogens is 328 g/mol. The normalized spacial score (nSPS) is 21.6. The molecule has 0 saturated carbocycles. The monoisotopic (exact) mass is 344 g/mol. The van der Waals surface area contributed by atoms with Crippen molar-refractivity contribution in [3.8, 4) is 0 Å². The van der Waals surface area contributed by atoms with E-state index in [1.807, 2.05) is 0 Å². The van der Waals surface area contributed by atoms with Crippen LogP contribution in [-0.2, 0) is 10.8 Å². The molecule has 16 heavy (non-hydrogen) atoms. The fourth-order valence-electron chi connectivity index (χ4n) is 2.56.